The molecular weight excluding hydrogens is 296 g/mol. The van der Waals surface area contributed by atoms with Crippen molar-refractivity contribution in [3.8, 4) is 17.0 Å². The lowest BCUT2D eigenvalue weighted by Crippen LogP contribution is -2.01. The van der Waals surface area contributed by atoms with Crippen LogP contribution < -0.4 is 4.74 Å². The highest BCUT2D eigenvalue weighted by Crippen LogP contribution is 2.31. The van der Waals surface area contributed by atoms with Gasteiger partial charge in [0, 0.05) is 23.2 Å². The number of carbonyl (C=O) groups excluding carboxylic acids is 1. The smallest absolute Gasteiger partial charge is 0.196 e. The van der Waals surface area contributed by atoms with E-state index in [4.69, 9.17) is 4.74 Å². The zero-order chi connectivity index (χ0) is 13.1. The molecule has 1 aromatic heterocycles. The quantitative estimate of drug-likeness (QED) is 0.818. The van der Waals surface area contributed by atoms with Gasteiger partial charge in [0.15, 0.2) is 11.6 Å². The summed E-state index contributed by atoms with van der Waals surface area (Å²) in [6, 6.07) is 7.37. The van der Waals surface area contributed by atoms with E-state index in [1.54, 1.807) is 19.4 Å². The Balaban J connectivity index is 2.57. The fraction of sp³-hybridized carbons (Fsp3) is 0.154. The van der Waals surface area contributed by atoms with Crippen LogP contribution in [0.3, 0.4) is 0 Å². The van der Waals surface area contributed by atoms with Crippen molar-refractivity contribution >= 4 is 21.7 Å². The Kier molecular flexibility index (Phi) is 3.72. The highest BCUT2D eigenvalue weighted by atomic mass is 79.9. The Morgan fingerprint density at radius 2 is 2.11 bits per heavy atom. The van der Waals surface area contributed by atoms with Crippen molar-refractivity contribution in [1.29, 1.82) is 0 Å². The fourth-order valence-electron chi connectivity index (χ4n) is 1.56. The van der Waals surface area contributed by atoms with Gasteiger partial charge >= 0.3 is 0 Å². The van der Waals surface area contributed by atoms with Crippen LogP contribution >= 0.6 is 15.9 Å². The van der Waals surface area contributed by atoms with Gasteiger partial charge in [-0.25, -0.2) is 9.97 Å². The first-order valence-electron chi connectivity index (χ1n) is 5.29. The number of carbonyl (C=O) groups is 1. The molecule has 1 aromatic carbocycles. The lowest BCUT2D eigenvalue weighted by Gasteiger charge is -2.08. The monoisotopic (exact) mass is 306 g/mol. The molecule has 0 spiro atoms. The van der Waals surface area contributed by atoms with Crippen molar-refractivity contribution in [2.45, 2.75) is 6.92 Å². The lowest BCUT2D eigenvalue weighted by atomic mass is 10.1. The van der Waals surface area contributed by atoms with Crippen LogP contribution in [0.25, 0.3) is 11.3 Å². The third-order valence-corrected chi connectivity index (χ3v) is 2.90. The van der Waals surface area contributed by atoms with Gasteiger partial charge in [0.25, 0.3) is 0 Å². The summed E-state index contributed by atoms with van der Waals surface area (Å²) >= 11 is 3.40. The number of ketones is 1. The van der Waals surface area contributed by atoms with Crippen LogP contribution in [-0.2, 0) is 0 Å². The summed E-state index contributed by atoms with van der Waals surface area (Å²) in [6.45, 7) is 1.44. The molecule has 0 unspecified atom stereocenters. The third kappa shape index (κ3) is 2.56. The van der Waals surface area contributed by atoms with Crippen molar-refractivity contribution in [1.82, 2.24) is 9.97 Å². The van der Waals surface area contributed by atoms with E-state index in [9.17, 15) is 4.79 Å². The van der Waals surface area contributed by atoms with Gasteiger partial charge in [0.2, 0.25) is 0 Å². The van der Waals surface area contributed by atoms with Gasteiger partial charge in [0.05, 0.1) is 12.8 Å². The summed E-state index contributed by atoms with van der Waals surface area (Å²) in [4.78, 5) is 19.4. The average Bonchev–Trinajstić information content (AvgIpc) is 2.39. The van der Waals surface area contributed by atoms with Crippen LogP contribution in [0.15, 0.2) is 34.9 Å². The molecule has 4 nitrogen and oxygen atoms in total. The average molecular weight is 307 g/mol. The molecule has 0 fully saturated rings. The van der Waals surface area contributed by atoms with Crippen molar-refractivity contribution in [2.24, 2.45) is 0 Å². The highest BCUT2D eigenvalue weighted by molar-refractivity contribution is 9.10. The predicted molar refractivity (Wildman–Crippen MR) is 71.7 cm³/mol. The van der Waals surface area contributed by atoms with Crippen molar-refractivity contribution in [3.05, 3.63) is 40.8 Å². The van der Waals surface area contributed by atoms with E-state index in [0.717, 1.165) is 10.0 Å². The molecule has 5 heteroatoms. The van der Waals surface area contributed by atoms with Crippen molar-refractivity contribution in [3.63, 3.8) is 0 Å². The van der Waals surface area contributed by atoms with Gasteiger partial charge in [-0.3, -0.25) is 4.79 Å². The molecule has 92 valence electrons. The Bertz CT molecular complexity index is 599. The second kappa shape index (κ2) is 5.27. The molecule has 0 amide bonds. The second-order valence-corrected chi connectivity index (χ2v) is 4.58. The number of rotatable bonds is 3. The Labute approximate surface area is 113 Å². The number of hydrogen-bond acceptors (Lipinski definition) is 4. The molecule has 0 radical (unpaired) electrons. The molecule has 2 aromatic rings. The molecule has 0 bridgehead atoms. The number of hydrogen-bond donors (Lipinski definition) is 0. The van der Waals surface area contributed by atoms with Crippen LogP contribution in [0.4, 0.5) is 0 Å². The first-order valence-corrected chi connectivity index (χ1v) is 6.09. The maximum Gasteiger partial charge on any atom is 0.196 e. The van der Waals surface area contributed by atoms with Gasteiger partial charge in [0.1, 0.15) is 5.75 Å². The fourth-order valence-corrected chi connectivity index (χ4v) is 1.92. The zero-order valence-electron chi connectivity index (χ0n) is 9.98. The van der Waals surface area contributed by atoms with Gasteiger partial charge in [-0.05, 0) is 24.3 Å². The molecule has 0 aliphatic heterocycles. The molecule has 0 aliphatic carbocycles. The molecule has 0 aliphatic rings. The third-order valence-electron chi connectivity index (χ3n) is 2.41. The van der Waals surface area contributed by atoms with E-state index in [-0.39, 0.29) is 11.6 Å². The van der Waals surface area contributed by atoms with Crippen LogP contribution in [0.1, 0.15) is 17.5 Å². The summed E-state index contributed by atoms with van der Waals surface area (Å²) in [6.07, 6.45) is 1.57. The van der Waals surface area contributed by atoms with Crippen LogP contribution in [0.2, 0.25) is 0 Å². The topological polar surface area (TPSA) is 52.1 Å². The predicted octanol–water partition coefficient (Wildman–Crippen LogP) is 3.12. The summed E-state index contributed by atoms with van der Waals surface area (Å²) in [5.41, 5.74) is 1.48. The van der Waals surface area contributed by atoms with E-state index in [1.165, 1.54) is 6.92 Å². The summed E-state index contributed by atoms with van der Waals surface area (Å²) in [7, 11) is 1.60. The number of ether oxygens (including phenoxy) is 1. The van der Waals surface area contributed by atoms with E-state index >= 15 is 0 Å². The van der Waals surface area contributed by atoms with Gasteiger partial charge < -0.3 is 4.74 Å². The maximum absolute atomic E-state index is 11.3. The van der Waals surface area contributed by atoms with Gasteiger partial charge in [-0.15, -0.1) is 0 Å². The van der Waals surface area contributed by atoms with Crippen molar-refractivity contribution in [2.75, 3.05) is 7.11 Å². The Morgan fingerprint density at radius 3 is 2.78 bits per heavy atom. The standard InChI is InChI=1S/C13H11BrN2O2/c1-8(17)13-15-6-5-11(16-13)10-7-9(14)3-4-12(10)18-2/h3-7H,1-2H3. The molecule has 2 rings (SSSR count). The van der Waals surface area contributed by atoms with Gasteiger partial charge in [-0.1, -0.05) is 15.9 Å². The summed E-state index contributed by atoms with van der Waals surface area (Å²) in [5, 5.41) is 0. The van der Waals surface area contributed by atoms with E-state index in [2.05, 4.69) is 25.9 Å². The number of aromatic nitrogens is 2. The van der Waals surface area contributed by atoms with Crippen molar-refractivity contribution < 1.29 is 9.53 Å². The first-order chi connectivity index (χ1) is 8.61. The first kappa shape index (κ1) is 12.7. The largest absolute Gasteiger partial charge is 0.496 e. The number of methoxy groups -OCH3 is 1. The van der Waals surface area contributed by atoms with E-state index < -0.39 is 0 Å². The Hall–Kier alpha value is -1.75. The molecule has 0 saturated carbocycles. The minimum atomic E-state index is -0.161. The van der Waals surface area contributed by atoms with E-state index in [0.29, 0.717) is 11.4 Å². The van der Waals surface area contributed by atoms with Crippen LogP contribution in [0.5, 0.6) is 5.75 Å². The number of nitrogens with zero attached hydrogens (tertiary/aromatic N) is 2. The van der Waals surface area contributed by atoms with Crippen LogP contribution in [-0.4, -0.2) is 22.9 Å². The normalized spacial score (nSPS) is 10.2. The van der Waals surface area contributed by atoms with E-state index in [1.807, 2.05) is 18.2 Å². The molecule has 0 saturated heterocycles. The number of benzene rings is 1. The summed E-state index contributed by atoms with van der Waals surface area (Å²) in [5.74, 6) is 0.742. The minimum absolute atomic E-state index is 0.161. The molecule has 0 N–H and O–H groups in total. The minimum Gasteiger partial charge on any atom is -0.496 e. The molecule has 1 heterocycles. The molecular formula is C13H11BrN2O2. The van der Waals surface area contributed by atoms with Gasteiger partial charge in [-0.2, -0.15) is 0 Å². The lowest BCUT2D eigenvalue weighted by molar-refractivity contribution is 0.100. The highest BCUT2D eigenvalue weighted by Gasteiger charge is 2.10. The molecule has 0 atom stereocenters. The maximum atomic E-state index is 11.3. The SMILES string of the molecule is COc1ccc(Br)cc1-c1ccnc(C(C)=O)n1. The summed E-state index contributed by atoms with van der Waals surface area (Å²) < 4.78 is 6.21. The second-order valence-electron chi connectivity index (χ2n) is 3.67. The number of Topliss-reactive ketones (excluding diaryl/α,β-unsaturated/α-hetero) is 1. The Morgan fingerprint density at radius 1 is 1.33 bits per heavy atom. The number of halogens is 1. The zero-order valence-corrected chi connectivity index (χ0v) is 11.6. The molecule has 18 heavy (non-hydrogen) atoms. The van der Waals surface area contributed by atoms with Crippen LogP contribution in [0, 0.1) is 0 Å².